The highest BCUT2D eigenvalue weighted by atomic mass is 35.5. The molecule has 1 heterocycles. The van der Waals surface area contributed by atoms with Gasteiger partial charge < -0.3 is 9.52 Å². The fourth-order valence-electron chi connectivity index (χ4n) is 1.15. The molecular formula is C10H7ClN2O3S. The Labute approximate surface area is 106 Å². The highest BCUT2D eigenvalue weighted by Gasteiger charge is 2.11. The predicted molar refractivity (Wildman–Crippen MR) is 61.6 cm³/mol. The predicted octanol–water partition coefficient (Wildman–Crippen LogP) is 2.88. The van der Waals surface area contributed by atoms with Crippen LogP contribution in [0.25, 0.3) is 0 Å². The summed E-state index contributed by atoms with van der Waals surface area (Å²) < 4.78 is 5.19. The molecule has 0 fully saturated rings. The summed E-state index contributed by atoms with van der Waals surface area (Å²) in [6.07, 6.45) is 0. The van der Waals surface area contributed by atoms with Crippen LogP contribution in [0.2, 0.25) is 5.02 Å². The largest absolute Gasteiger partial charge is 0.478 e. The number of hydrogen-bond donors (Lipinski definition) is 1. The van der Waals surface area contributed by atoms with Gasteiger partial charge in [0.1, 0.15) is 0 Å². The third kappa shape index (κ3) is 2.78. The summed E-state index contributed by atoms with van der Waals surface area (Å²) in [5.41, 5.74) is 0.0673. The lowest BCUT2D eigenvalue weighted by molar-refractivity contribution is 0.0697. The van der Waals surface area contributed by atoms with Gasteiger partial charge in [-0.15, -0.1) is 10.2 Å². The molecular weight excluding hydrogens is 264 g/mol. The van der Waals surface area contributed by atoms with Gasteiger partial charge in [0.25, 0.3) is 5.22 Å². The zero-order valence-electron chi connectivity index (χ0n) is 8.68. The van der Waals surface area contributed by atoms with Crippen LogP contribution in [0, 0.1) is 6.92 Å². The molecule has 0 saturated heterocycles. The van der Waals surface area contributed by atoms with Gasteiger partial charge in [-0.1, -0.05) is 11.6 Å². The van der Waals surface area contributed by atoms with Crippen molar-refractivity contribution in [1.82, 2.24) is 10.2 Å². The van der Waals surface area contributed by atoms with Gasteiger partial charge in [0.2, 0.25) is 5.89 Å². The van der Waals surface area contributed by atoms with E-state index in [2.05, 4.69) is 10.2 Å². The summed E-state index contributed by atoms with van der Waals surface area (Å²) in [5.74, 6) is -0.582. The molecule has 7 heteroatoms. The van der Waals surface area contributed by atoms with Crippen molar-refractivity contribution < 1.29 is 14.3 Å². The van der Waals surface area contributed by atoms with E-state index in [0.29, 0.717) is 11.1 Å². The van der Waals surface area contributed by atoms with Gasteiger partial charge in [-0.05, 0) is 30.0 Å². The Hall–Kier alpha value is -1.53. The summed E-state index contributed by atoms with van der Waals surface area (Å²) in [6.45, 7) is 1.69. The van der Waals surface area contributed by atoms with E-state index in [1.807, 2.05) is 0 Å². The molecule has 17 heavy (non-hydrogen) atoms. The van der Waals surface area contributed by atoms with Gasteiger partial charge in [0.15, 0.2) is 0 Å². The van der Waals surface area contributed by atoms with Crippen LogP contribution in [0.4, 0.5) is 0 Å². The minimum atomic E-state index is -1.06. The first-order valence-electron chi connectivity index (χ1n) is 4.57. The number of carboxylic acids is 1. The highest BCUT2D eigenvalue weighted by Crippen LogP contribution is 2.29. The minimum Gasteiger partial charge on any atom is -0.478 e. The Morgan fingerprint density at radius 1 is 1.47 bits per heavy atom. The molecule has 0 aliphatic heterocycles. The van der Waals surface area contributed by atoms with Gasteiger partial charge in [-0.25, -0.2) is 4.79 Å². The summed E-state index contributed by atoms with van der Waals surface area (Å²) in [4.78, 5) is 11.5. The number of halogens is 1. The van der Waals surface area contributed by atoms with Crippen molar-refractivity contribution in [2.24, 2.45) is 0 Å². The van der Waals surface area contributed by atoms with Crippen molar-refractivity contribution in [3.63, 3.8) is 0 Å². The quantitative estimate of drug-likeness (QED) is 0.924. The lowest BCUT2D eigenvalue weighted by Crippen LogP contribution is -1.96. The Morgan fingerprint density at radius 2 is 2.24 bits per heavy atom. The van der Waals surface area contributed by atoms with Gasteiger partial charge in [0.05, 0.1) is 10.6 Å². The van der Waals surface area contributed by atoms with E-state index < -0.39 is 5.97 Å². The molecule has 2 rings (SSSR count). The van der Waals surface area contributed by atoms with Crippen LogP contribution < -0.4 is 0 Å². The van der Waals surface area contributed by atoms with Crippen LogP contribution in [-0.2, 0) is 0 Å². The lowest BCUT2D eigenvalue weighted by Gasteiger charge is -2.01. The number of aromatic nitrogens is 2. The van der Waals surface area contributed by atoms with Crippen LogP contribution in [0.1, 0.15) is 16.2 Å². The molecule has 0 unspecified atom stereocenters. The van der Waals surface area contributed by atoms with Crippen molar-refractivity contribution >= 4 is 29.3 Å². The summed E-state index contributed by atoms with van der Waals surface area (Å²) in [7, 11) is 0. The van der Waals surface area contributed by atoms with E-state index in [4.69, 9.17) is 21.1 Å². The van der Waals surface area contributed by atoms with Crippen molar-refractivity contribution in [2.45, 2.75) is 17.0 Å². The van der Waals surface area contributed by atoms with Crippen molar-refractivity contribution in [3.05, 3.63) is 34.7 Å². The Kier molecular flexibility index (Phi) is 3.35. The number of aryl methyl sites for hydroxylation is 1. The molecule has 0 atom stereocenters. The molecule has 0 bridgehead atoms. The Bertz CT molecular complexity index is 570. The zero-order chi connectivity index (χ0) is 12.4. The Balaban J connectivity index is 2.23. The summed E-state index contributed by atoms with van der Waals surface area (Å²) in [5, 5.41) is 16.9. The summed E-state index contributed by atoms with van der Waals surface area (Å²) in [6, 6.07) is 4.63. The van der Waals surface area contributed by atoms with Crippen LogP contribution >= 0.6 is 23.4 Å². The maximum atomic E-state index is 10.8. The Morgan fingerprint density at radius 3 is 2.76 bits per heavy atom. The first kappa shape index (κ1) is 11.9. The third-order valence-electron chi connectivity index (χ3n) is 1.88. The normalized spacial score (nSPS) is 10.5. The topological polar surface area (TPSA) is 76.2 Å². The first-order valence-corrected chi connectivity index (χ1v) is 5.76. The number of benzene rings is 1. The van der Waals surface area contributed by atoms with Crippen LogP contribution in [0.3, 0.4) is 0 Å². The average Bonchev–Trinajstić information content (AvgIpc) is 2.63. The van der Waals surface area contributed by atoms with E-state index in [1.165, 1.54) is 17.8 Å². The van der Waals surface area contributed by atoms with E-state index in [1.54, 1.807) is 19.1 Å². The maximum Gasteiger partial charge on any atom is 0.337 e. The van der Waals surface area contributed by atoms with E-state index >= 15 is 0 Å². The molecule has 0 amide bonds. The van der Waals surface area contributed by atoms with Gasteiger partial charge in [0, 0.05) is 11.8 Å². The molecule has 0 radical (unpaired) electrons. The molecule has 2 aromatic rings. The van der Waals surface area contributed by atoms with Crippen molar-refractivity contribution in [1.29, 1.82) is 0 Å². The maximum absolute atomic E-state index is 10.8. The second-order valence-electron chi connectivity index (χ2n) is 3.14. The van der Waals surface area contributed by atoms with Crippen molar-refractivity contribution in [3.8, 4) is 0 Å². The molecule has 5 nitrogen and oxygen atoms in total. The zero-order valence-corrected chi connectivity index (χ0v) is 10.2. The van der Waals surface area contributed by atoms with Crippen LogP contribution in [-0.4, -0.2) is 21.3 Å². The second kappa shape index (κ2) is 4.77. The number of aromatic carboxylic acids is 1. The van der Waals surface area contributed by atoms with Crippen LogP contribution in [0.5, 0.6) is 0 Å². The number of carbonyl (C=O) groups is 1. The lowest BCUT2D eigenvalue weighted by atomic mass is 10.2. The van der Waals surface area contributed by atoms with Gasteiger partial charge >= 0.3 is 5.97 Å². The van der Waals surface area contributed by atoms with E-state index in [0.717, 1.165) is 4.90 Å². The van der Waals surface area contributed by atoms with E-state index in [9.17, 15) is 4.79 Å². The minimum absolute atomic E-state index is 0.0673. The molecule has 1 aromatic heterocycles. The first-order chi connectivity index (χ1) is 8.06. The highest BCUT2D eigenvalue weighted by molar-refractivity contribution is 7.99. The number of hydrogen-bond acceptors (Lipinski definition) is 5. The smallest absolute Gasteiger partial charge is 0.337 e. The van der Waals surface area contributed by atoms with Crippen LogP contribution in [0.15, 0.2) is 32.7 Å². The fraction of sp³-hybridized carbons (Fsp3) is 0.100. The number of nitrogens with zero attached hydrogens (tertiary/aromatic N) is 2. The van der Waals surface area contributed by atoms with Gasteiger partial charge in [-0.2, -0.15) is 0 Å². The molecule has 0 saturated carbocycles. The van der Waals surface area contributed by atoms with Crippen molar-refractivity contribution in [2.75, 3.05) is 0 Å². The number of carboxylic acid groups (broad SMARTS) is 1. The fourth-order valence-corrected chi connectivity index (χ4v) is 2.24. The number of rotatable bonds is 3. The second-order valence-corrected chi connectivity index (χ2v) is 4.57. The van der Waals surface area contributed by atoms with Gasteiger partial charge in [-0.3, -0.25) is 0 Å². The third-order valence-corrected chi connectivity index (χ3v) is 3.03. The summed E-state index contributed by atoms with van der Waals surface area (Å²) >= 11 is 7.06. The molecule has 0 aliphatic carbocycles. The standard InChI is InChI=1S/C10H7ClN2O3S/c1-5-12-13-10(16-5)17-6-2-3-7(9(14)15)8(11)4-6/h2-4H,1H3,(H,14,15). The molecule has 1 N–H and O–H groups in total. The van der Waals surface area contributed by atoms with E-state index in [-0.39, 0.29) is 10.6 Å². The molecule has 0 aliphatic rings. The average molecular weight is 271 g/mol. The molecule has 88 valence electrons. The monoisotopic (exact) mass is 270 g/mol. The molecule has 0 spiro atoms. The molecule has 1 aromatic carbocycles. The SMILES string of the molecule is Cc1nnc(Sc2ccc(C(=O)O)c(Cl)c2)o1.